The molecule has 0 atom stereocenters. The first kappa shape index (κ1) is 22.8. The second kappa shape index (κ2) is 10.1. The van der Waals surface area contributed by atoms with Crippen LogP contribution in [0.2, 0.25) is 5.02 Å². The molecular weight excluding hydrogens is 446 g/mol. The number of halogens is 1. The minimum absolute atomic E-state index is 0.0961. The highest BCUT2D eigenvalue weighted by Crippen LogP contribution is 2.30. The molecule has 0 bridgehead atoms. The third kappa shape index (κ3) is 4.78. The molecule has 1 aliphatic heterocycles. The fourth-order valence-electron chi connectivity index (χ4n) is 4.77. The quantitative estimate of drug-likeness (QED) is 0.343. The van der Waals surface area contributed by atoms with Crippen molar-refractivity contribution >= 4 is 23.0 Å². The Labute approximate surface area is 205 Å². The van der Waals surface area contributed by atoms with Gasteiger partial charge in [-0.1, -0.05) is 54.1 Å². The fourth-order valence-corrected chi connectivity index (χ4v) is 4.90. The van der Waals surface area contributed by atoms with Crippen molar-refractivity contribution in [2.24, 2.45) is 5.92 Å². The molecule has 0 amide bonds. The van der Waals surface area contributed by atoms with E-state index in [1.807, 2.05) is 30.3 Å². The lowest BCUT2D eigenvalue weighted by Crippen LogP contribution is -2.37. The van der Waals surface area contributed by atoms with Crippen LogP contribution in [0, 0.1) is 5.92 Å². The Morgan fingerprint density at radius 3 is 2.38 bits per heavy atom. The molecule has 6 heteroatoms. The van der Waals surface area contributed by atoms with Gasteiger partial charge in [0.2, 0.25) is 0 Å². The number of fused-ring (bicyclic) bond motifs is 1. The first-order valence-corrected chi connectivity index (χ1v) is 12.1. The SMILES string of the molecule is COCC(=O)C1CCN(Cc2c(-c3ccc(Cl)cc3)nc3ccc(-c4ccccc4)cn23)CC1. The number of ketones is 1. The second-order valence-electron chi connectivity index (χ2n) is 8.88. The standard InChI is InChI=1S/C28H28ClN3O2/c1-34-19-26(33)21-13-15-31(16-14-21)18-25-28(22-7-10-24(29)11-8-22)30-27-12-9-23(17-32(25)27)20-5-3-2-4-6-20/h2-12,17,21H,13-16,18-19H2,1H3. The number of aromatic nitrogens is 2. The Hall–Kier alpha value is -2.99. The number of carbonyl (C=O) groups excluding carboxylic acids is 1. The summed E-state index contributed by atoms with van der Waals surface area (Å²) in [4.78, 5) is 19.7. The maximum atomic E-state index is 12.3. The molecule has 2 aromatic heterocycles. The topological polar surface area (TPSA) is 46.8 Å². The molecule has 4 aromatic rings. The largest absolute Gasteiger partial charge is 0.377 e. The van der Waals surface area contributed by atoms with Crippen molar-refractivity contribution in [2.75, 3.05) is 26.8 Å². The van der Waals surface area contributed by atoms with E-state index in [-0.39, 0.29) is 18.3 Å². The summed E-state index contributed by atoms with van der Waals surface area (Å²) in [7, 11) is 1.58. The number of carbonyl (C=O) groups is 1. The zero-order chi connectivity index (χ0) is 23.5. The van der Waals surface area contributed by atoms with Crippen molar-refractivity contribution in [2.45, 2.75) is 19.4 Å². The van der Waals surface area contributed by atoms with Crippen LogP contribution in [0.3, 0.4) is 0 Å². The monoisotopic (exact) mass is 473 g/mol. The maximum Gasteiger partial charge on any atom is 0.161 e. The number of likely N-dealkylation sites (tertiary alicyclic amines) is 1. The van der Waals surface area contributed by atoms with Crippen LogP contribution in [0.1, 0.15) is 18.5 Å². The van der Waals surface area contributed by atoms with E-state index in [0.717, 1.165) is 60.6 Å². The zero-order valence-corrected chi connectivity index (χ0v) is 20.0. The van der Waals surface area contributed by atoms with Gasteiger partial charge in [0.15, 0.2) is 5.78 Å². The van der Waals surface area contributed by atoms with Gasteiger partial charge in [-0.15, -0.1) is 0 Å². The first-order chi connectivity index (χ1) is 16.6. The van der Waals surface area contributed by atoms with Crippen LogP contribution in [0.25, 0.3) is 28.0 Å². The summed E-state index contributed by atoms with van der Waals surface area (Å²) in [5.41, 5.74) is 6.42. The molecule has 5 nitrogen and oxygen atoms in total. The average Bonchev–Trinajstić information content (AvgIpc) is 3.23. The summed E-state index contributed by atoms with van der Waals surface area (Å²) in [5, 5.41) is 0.711. The van der Waals surface area contributed by atoms with Crippen LogP contribution in [-0.2, 0) is 16.1 Å². The van der Waals surface area contributed by atoms with E-state index >= 15 is 0 Å². The number of benzene rings is 2. The lowest BCUT2D eigenvalue weighted by Gasteiger charge is -2.31. The summed E-state index contributed by atoms with van der Waals surface area (Å²) in [6.07, 6.45) is 3.91. The van der Waals surface area contributed by atoms with Crippen molar-refractivity contribution in [3.63, 3.8) is 0 Å². The lowest BCUT2D eigenvalue weighted by atomic mass is 9.92. The number of piperidine rings is 1. The predicted molar refractivity (Wildman–Crippen MR) is 136 cm³/mol. The Morgan fingerprint density at radius 1 is 0.971 bits per heavy atom. The molecular formula is C28H28ClN3O2. The number of ether oxygens (including phenoxy) is 1. The van der Waals surface area contributed by atoms with Crippen LogP contribution in [-0.4, -0.2) is 46.9 Å². The van der Waals surface area contributed by atoms with Gasteiger partial charge in [-0.05, 0) is 61.3 Å². The Kier molecular flexibility index (Phi) is 6.77. The third-order valence-electron chi connectivity index (χ3n) is 6.65. The number of Topliss-reactive ketones (excluding diaryl/α,β-unsaturated/α-hetero) is 1. The van der Waals surface area contributed by atoms with Gasteiger partial charge >= 0.3 is 0 Å². The average molecular weight is 474 g/mol. The van der Waals surface area contributed by atoms with Gasteiger partial charge in [-0.25, -0.2) is 4.98 Å². The molecule has 34 heavy (non-hydrogen) atoms. The summed E-state index contributed by atoms with van der Waals surface area (Å²) < 4.78 is 7.27. The van der Waals surface area contributed by atoms with Gasteiger partial charge in [-0.3, -0.25) is 9.69 Å². The minimum Gasteiger partial charge on any atom is -0.377 e. The van der Waals surface area contributed by atoms with E-state index in [1.165, 1.54) is 5.56 Å². The van der Waals surface area contributed by atoms with Crippen molar-refractivity contribution < 1.29 is 9.53 Å². The van der Waals surface area contributed by atoms with E-state index in [4.69, 9.17) is 21.3 Å². The molecule has 2 aromatic carbocycles. The molecule has 174 valence electrons. The predicted octanol–water partition coefficient (Wildman–Crippen LogP) is 5.75. The maximum absolute atomic E-state index is 12.3. The van der Waals surface area contributed by atoms with Gasteiger partial charge < -0.3 is 9.14 Å². The molecule has 3 heterocycles. The second-order valence-corrected chi connectivity index (χ2v) is 9.31. The van der Waals surface area contributed by atoms with Gasteiger partial charge in [0.1, 0.15) is 12.3 Å². The highest BCUT2D eigenvalue weighted by Gasteiger charge is 2.26. The molecule has 0 unspecified atom stereocenters. The Morgan fingerprint density at radius 2 is 1.68 bits per heavy atom. The highest BCUT2D eigenvalue weighted by molar-refractivity contribution is 6.30. The number of hydrogen-bond acceptors (Lipinski definition) is 4. The van der Waals surface area contributed by atoms with Gasteiger partial charge in [0, 0.05) is 36.4 Å². The molecule has 1 fully saturated rings. The number of imidazole rings is 1. The zero-order valence-electron chi connectivity index (χ0n) is 19.3. The molecule has 0 radical (unpaired) electrons. The van der Waals surface area contributed by atoms with E-state index in [2.05, 4.69) is 51.9 Å². The summed E-state index contributed by atoms with van der Waals surface area (Å²) >= 11 is 6.15. The van der Waals surface area contributed by atoms with E-state index in [9.17, 15) is 4.79 Å². The Bertz CT molecular complexity index is 1280. The van der Waals surface area contributed by atoms with Crippen molar-refractivity contribution in [1.29, 1.82) is 0 Å². The minimum atomic E-state index is 0.0961. The van der Waals surface area contributed by atoms with Crippen molar-refractivity contribution in [1.82, 2.24) is 14.3 Å². The summed E-state index contributed by atoms with van der Waals surface area (Å²) in [5.74, 6) is 0.310. The highest BCUT2D eigenvalue weighted by atomic mass is 35.5. The smallest absolute Gasteiger partial charge is 0.161 e. The number of hydrogen-bond donors (Lipinski definition) is 0. The van der Waals surface area contributed by atoms with Gasteiger partial charge in [-0.2, -0.15) is 0 Å². The summed E-state index contributed by atoms with van der Waals surface area (Å²) in [6.45, 7) is 2.74. The third-order valence-corrected chi connectivity index (χ3v) is 6.90. The first-order valence-electron chi connectivity index (χ1n) is 11.7. The van der Waals surface area contributed by atoms with E-state index in [0.29, 0.717) is 5.02 Å². The summed E-state index contributed by atoms with van der Waals surface area (Å²) in [6, 6.07) is 22.5. The molecule has 0 saturated carbocycles. The van der Waals surface area contributed by atoms with Crippen LogP contribution < -0.4 is 0 Å². The molecule has 0 spiro atoms. The number of methoxy groups -OCH3 is 1. The molecule has 0 N–H and O–H groups in total. The molecule has 1 aliphatic rings. The van der Waals surface area contributed by atoms with Crippen LogP contribution in [0.15, 0.2) is 72.9 Å². The number of nitrogens with zero attached hydrogens (tertiary/aromatic N) is 3. The molecule has 5 rings (SSSR count). The number of rotatable bonds is 7. The molecule has 0 aliphatic carbocycles. The van der Waals surface area contributed by atoms with E-state index < -0.39 is 0 Å². The van der Waals surface area contributed by atoms with E-state index in [1.54, 1.807) is 7.11 Å². The normalized spacial score (nSPS) is 15.1. The Balaban J connectivity index is 1.49. The van der Waals surface area contributed by atoms with Crippen molar-refractivity contribution in [3.8, 4) is 22.4 Å². The number of pyridine rings is 1. The fraction of sp³-hybridized carbons (Fsp3) is 0.286. The van der Waals surface area contributed by atoms with Crippen molar-refractivity contribution in [3.05, 3.63) is 83.6 Å². The molecule has 1 saturated heterocycles. The van der Waals surface area contributed by atoms with Crippen LogP contribution in [0.4, 0.5) is 0 Å². The van der Waals surface area contributed by atoms with Gasteiger partial charge in [0.05, 0.1) is 11.4 Å². The van der Waals surface area contributed by atoms with Crippen LogP contribution >= 0.6 is 11.6 Å². The lowest BCUT2D eigenvalue weighted by molar-refractivity contribution is -0.128. The van der Waals surface area contributed by atoms with Crippen LogP contribution in [0.5, 0.6) is 0 Å². The van der Waals surface area contributed by atoms with Gasteiger partial charge in [0.25, 0.3) is 0 Å².